The van der Waals surface area contributed by atoms with Gasteiger partial charge in [0.15, 0.2) is 0 Å². The van der Waals surface area contributed by atoms with E-state index in [4.69, 9.17) is 14.2 Å². The second-order valence-corrected chi connectivity index (χ2v) is 9.36. The first kappa shape index (κ1) is 19.8. The first-order valence-electron chi connectivity index (χ1n) is 8.77. The van der Waals surface area contributed by atoms with Crippen molar-refractivity contribution in [3.63, 3.8) is 0 Å². The van der Waals surface area contributed by atoms with Crippen LogP contribution in [0.1, 0.15) is 39.3 Å². The predicted octanol–water partition coefficient (Wildman–Crippen LogP) is 1.66. The van der Waals surface area contributed by atoms with Crippen molar-refractivity contribution < 1.29 is 27.4 Å². The second kappa shape index (κ2) is 7.21. The van der Waals surface area contributed by atoms with Gasteiger partial charge in [-0.05, 0) is 39.0 Å². The summed E-state index contributed by atoms with van der Waals surface area (Å²) >= 11 is 0. The molecule has 1 N–H and O–H groups in total. The van der Waals surface area contributed by atoms with Crippen LogP contribution in [-0.4, -0.2) is 50.3 Å². The highest BCUT2D eigenvalue weighted by molar-refractivity contribution is 7.89. The van der Waals surface area contributed by atoms with E-state index in [1.54, 1.807) is 20.8 Å². The second-order valence-electron chi connectivity index (χ2n) is 7.63. The van der Waals surface area contributed by atoms with E-state index in [1.807, 2.05) is 0 Å². The van der Waals surface area contributed by atoms with E-state index < -0.39 is 27.2 Å². The fourth-order valence-electron chi connectivity index (χ4n) is 2.87. The number of carbonyl (C=O) groups excluding carboxylic acids is 1. The number of rotatable bonds is 2. The van der Waals surface area contributed by atoms with E-state index in [2.05, 4.69) is 9.71 Å². The molecule has 148 valence electrons. The Morgan fingerprint density at radius 1 is 1.30 bits per heavy atom. The number of pyridine rings is 1. The van der Waals surface area contributed by atoms with Crippen molar-refractivity contribution >= 4 is 22.1 Å². The zero-order valence-corrected chi connectivity index (χ0v) is 16.5. The van der Waals surface area contributed by atoms with Crippen molar-refractivity contribution in [2.24, 2.45) is 0 Å². The topological polar surface area (TPSA) is 104 Å². The first-order chi connectivity index (χ1) is 12.6. The Bertz CT molecular complexity index is 851. The summed E-state index contributed by atoms with van der Waals surface area (Å²) in [6.45, 7) is 6.48. The van der Waals surface area contributed by atoms with Gasteiger partial charge < -0.3 is 14.2 Å². The summed E-state index contributed by atoms with van der Waals surface area (Å²) in [7, 11) is -3.72. The summed E-state index contributed by atoms with van der Waals surface area (Å²) in [5.74, 6) is -0.469. The van der Waals surface area contributed by atoms with E-state index >= 15 is 0 Å². The molecule has 0 unspecified atom stereocenters. The highest BCUT2D eigenvalue weighted by Gasteiger charge is 2.41. The summed E-state index contributed by atoms with van der Waals surface area (Å²) in [5.41, 5.74) is -0.878. The average Bonchev–Trinajstić information content (AvgIpc) is 2.67. The zero-order valence-electron chi connectivity index (χ0n) is 15.6. The molecule has 0 radical (unpaired) electrons. The molecule has 9 heteroatoms. The fraction of sp³-hybridized carbons (Fsp3) is 0.556. The van der Waals surface area contributed by atoms with Gasteiger partial charge in [0.25, 0.3) is 0 Å². The van der Waals surface area contributed by atoms with Gasteiger partial charge in [0.2, 0.25) is 15.9 Å². The van der Waals surface area contributed by atoms with Gasteiger partial charge >= 0.3 is 5.97 Å². The molecule has 0 bridgehead atoms. The third-order valence-electron chi connectivity index (χ3n) is 4.23. The summed E-state index contributed by atoms with van der Waals surface area (Å²) in [5, 5.41) is 0. The average molecular weight is 396 g/mol. The first-order valence-corrected chi connectivity index (χ1v) is 10.3. The molecule has 1 fully saturated rings. The molecule has 1 aromatic rings. The minimum atomic E-state index is -3.72. The highest BCUT2D eigenvalue weighted by Crippen LogP contribution is 2.34. The molecule has 3 rings (SSSR count). The maximum absolute atomic E-state index is 12.5. The van der Waals surface area contributed by atoms with Crippen LogP contribution >= 0.6 is 0 Å². The molecule has 8 nitrogen and oxygen atoms in total. The van der Waals surface area contributed by atoms with E-state index in [0.29, 0.717) is 31.7 Å². The van der Waals surface area contributed by atoms with Crippen molar-refractivity contribution in [1.82, 2.24) is 9.71 Å². The molecular weight excluding hydrogens is 372 g/mol. The maximum atomic E-state index is 12.5. The summed E-state index contributed by atoms with van der Waals surface area (Å²) in [6.07, 6.45) is 3.86. The summed E-state index contributed by atoms with van der Waals surface area (Å²) in [6, 6.07) is 2.95. The van der Waals surface area contributed by atoms with Crippen LogP contribution in [0.2, 0.25) is 0 Å². The van der Waals surface area contributed by atoms with Crippen LogP contribution in [0.4, 0.5) is 0 Å². The van der Waals surface area contributed by atoms with Crippen LogP contribution in [0.3, 0.4) is 0 Å². The van der Waals surface area contributed by atoms with Crippen LogP contribution in [-0.2, 0) is 24.3 Å². The van der Waals surface area contributed by atoms with Crippen LogP contribution in [0.5, 0.6) is 5.88 Å². The van der Waals surface area contributed by atoms with E-state index in [1.165, 1.54) is 24.3 Å². The van der Waals surface area contributed by atoms with Crippen LogP contribution in [0.15, 0.2) is 23.1 Å². The number of sulfonamides is 1. The van der Waals surface area contributed by atoms with Gasteiger partial charge in [-0.2, -0.15) is 0 Å². The van der Waals surface area contributed by atoms with Crippen molar-refractivity contribution in [1.29, 1.82) is 0 Å². The Balaban J connectivity index is 1.88. The standard InChI is InChI=1S/C18H24N2O6S/c1-17(2,3)25-15(21)7-5-13-4-6-14-16(20-13)26-18(8-10-24-11-9-18)12-19-27(14,22)23/h4-7,19H,8-12H2,1-3H3/b7-5+. The Morgan fingerprint density at radius 3 is 2.67 bits per heavy atom. The number of carbonyl (C=O) groups is 1. The monoisotopic (exact) mass is 396 g/mol. The Hall–Kier alpha value is -1.97. The zero-order chi connectivity index (χ0) is 19.7. The molecule has 1 saturated heterocycles. The van der Waals surface area contributed by atoms with Crippen LogP contribution in [0, 0.1) is 0 Å². The molecule has 27 heavy (non-hydrogen) atoms. The molecular formula is C18H24N2O6S. The van der Waals surface area contributed by atoms with Gasteiger partial charge in [-0.3, -0.25) is 0 Å². The molecule has 1 aromatic heterocycles. The summed E-state index contributed by atoms with van der Waals surface area (Å²) in [4.78, 5) is 16.1. The molecule has 2 aliphatic heterocycles. The van der Waals surface area contributed by atoms with Gasteiger partial charge in [-0.15, -0.1) is 0 Å². The molecule has 0 aromatic carbocycles. The predicted molar refractivity (Wildman–Crippen MR) is 97.7 cm³/mol. The number of fused-ring (bicyclic) bond motifs is 1. The SMILES string of the molecule is CC(C)(C)OC(=O)/C=C/c1ccc2c(n1)OC1(CCOCC1)CNS2(=O)=O. The van der Waals surface area contributed by atoms with E-state index in [-0.39, 0.29) is 17.3 Å². The molecule has 0 saturated carbocycles. The number of ether oxygens (including phenoxy) is 3. The van der Waals surface area contributed by atoms with Crippen molar-refractivity contribution in [3.8, 4) is 5.88 Å². The minimum absolute atomic E-state index is 0.0136. The molecule has 3 heterocycles. The normalized spacial score (nSPS) is 21.3. The lowest BCUT2D eigenvalue weighted by Crippen LogP contribution is -2.49. The molecule has 2 aliphatic rings. The molecule has 0 amide bonds. The number of aromatic nitrogens is 1. The Kier molecular flexibility index (Phi) is 5.29. The maximum Gasteiger partial charge on any atom is 0.331 e. The third kappa shape index (κ3) is 4.85. The van der Waals surface area contributed by atoms with Crippen LogP contribution in [0.25, 0.3) is 6.08 Å². The quantitative estimate of drug-likeness (QED) is 0.599. The van der Waals surface area contributed by atoms with Gasteiger partial charge in [0.05, 0.1) is 25.5 Å². The minimum Gasteiger partial charge on any atom is -0.468 e. The van der Waals surface area contributed by atoms with Crippen molar-refractivity contribution in [3.05, 3.63) is 23.9 Å². The van der Waals surface area contributed by atoms with Gasteiger partial charge in [-0.25, -0.2) is 22.9 Å². The van der Waals surface area contributed by atoms with Gasteiger partial charge in [0, 0.05) is 18.9 Å². The highest BCUT2D eigenvalue weighted by atomic mass is 32.2. The van der Waals surface area contributed by atoms with E-state index in [9.17, 15) is 13.2 Å². The van der Waals surface area contributed by atoms with Crippen LogP contribution < -0.4 is 9.46 Å². The smallest absolute Gasteiger partial charge is 0.331 e. The van der Waals surface area contributed by atoms with Crippen molar-refractivity contribution in [2.75, 3.05) is 19.8 Å². The number of hydrogen-bond acceptors (Lipinski definition) is 7. The number of nitrogens with one attached hydrogen (secondary N) is 1. The number of esters is 1. The molecule has 0 atom stereocenters. The third-order valence-corrected chi connectivity index (χ3v) is 5.65. The molecule has 1 spiro atoms. The van der Waals surface area contributed by atoms with Gasteiger partial charge in [-0.1, -0.05) is 0 Å². The number of hydrogen-bond donors (Lipinski definition) is 1. The lowest BCUT2D eigenvalue weighted by Gasteiger charge is -2.35. The van der Waals surface area contributed by atoms with E-state index in [0.717, 1.165) is 0 Å². The molecule has 0 aliphatic carbocycles. The lowest BCUT2D eigenvalue weighted by atomic mass is 9.94. The Labute approximate surface area is 159 Å². The van der Waals surface area contributed by atoms with Gasteiger partial charge in [0.1, 0.15) is 16.1 Å². The fourth-order valence-corrected chi connectivity index (χ4v) is 4.04. The number of nitrogens with zero attached hydrogens (tertiary/aromatic N) is 1. The van der Waals surface area contributed by atoms with Crippen molar-refractivity contribution in [2.45, 2.75) is 49.7 Å². The largest absolute Gasteiger partial charge is 0.468 e. The lowest BCUT2D eigenvalue weighted by molar-refractivity contribution is -0.148. The Morgan fingerprint density at radius 2 is 2.00 bits per heavy atom. The summed E-state index contributed by atoms with van der Waals surface area (Å²) < 4.78 is 44.2.